The summed E-state index contributed by atoms with van der Waals surface area (Å²) in [7, 11) is 1.60. The van der Waals surface area contributed by atoms with Gasteiger partial charge in [-0.25, -0.2) is 0 Å². The van der Waals surface area contributed by atoms with Crippen LogP contribution in [0.3, 0.4) is 0 Å². The lowest BCUT2D eigenvalue weighted by molar-refractivity contribution is -0.116. The molecule has 16 heavy (non-hydrogen) atoms. The molecule has 0 unspecified atom stereocenters. The van der Waals surface area contributed by atoms with E-state index >= 15 is 0 Å². The normalized spacial score (nSPS) is 10.4. The summed E-state index contributed by atoms with van der Waals surface area (Å²) in [6.07, 6.45) is 3.13. The maximum absolute atomic E-state index is 11.2. The van der Waals surface area contributed by atoms with Gasteiger partial charge in [0.15, 0.2) is 0 Å². The molecule has 0 fully saturated rings. The van der Waals surface area contributed by atoms with Crippen LogP contribution in [-0.2, 0) is 4.79 Å². The Kier molecular flexibility index (Phi) is 5.08. The summed E-state index contributed by atoms with van der Waals surface area (Å²) < 4.78 is 5.02. The molecule has 0 aliphatic rings. The minimum absolute atomic E-state index is 0.0535. The van der Waals surface area contributed by atoms with E-state index < -0.39 is 0 Å². The van der Waals surface area contributed by atoms with Crippen LogP contribution in [0.5, 0.6) is 5.75 Å². The monoisotopic (exact) mass is 221 g/mol. The molecule has 1 amide bonds. The van der Waals surface area contributed by atoms with Crippen LogP contribution >= 0.6 is 0 Å². The maximum Gasteiger partial charge on any atom is 0.244 e. The first-order valence-corrected chi connectivity index (χ1v) is 4.97. The lowest BCUT2D eigenvalue weighted by Crippen LogP contribution is -2.24. The molecule has 0 aliphatic carbocycles. The minimum Gasteiger partial charge on any atom is -0.497 e. The molecule has 0 spiro atoms. The molecule has 0 saturated heterocycles. The number of rotatable bonds is 5. The third kappa shape index (κ3) is 4.14. The first kappa shape index (κ1) is 12.3. The largest absolute Gasteiger partial charge is 0.497 e. The van der Waals surface area contributed by atoms with E-state index in [0.29, 0.717) is 0 Å². The fourth-order valence-electron chi connectivity index (χ4n) is 1.12. The predicted octanol–water partition coefficient (Wildman–Crippen LogP) is 0.817. The van der Waals surface area contributed by atoms with Crippen LogP contribution in [0.15, 0.2) is 30.3 Å². The topological polar surface area (TPSA) is 58.6 Å². The Morgan fingerprint density at radius 2 is 2.12 bits per heavy atom. The number of aliphatic hydroxyl groups excluding tert-OH is 1. The summed E-state index contributed by atoms with van der Waals surface area (Å²) in [4.78, 5) is 11.2. The van der Waals surface area contributed by atoms with Crippen molar-refractivity contribution in [2.75, 3.05) is 20.3 Å². The van der Waals surface area contributed by atoms with Gasteiger partial charge >= 0.3 is 0 Å². The third-order valence-electron chi connectivity index (χ3n) is 1.95. The van der Waals surface area contributed by atoms with E-state index in [0.717, 1.165) is 11.3 Å². The van der Waals surface area contributed by atoms with Gasteiger partial charge in [0, 0.05) is 12.6 Å². The van der Waals surface area contributed by atoms with E-state index in [4.69, 9.17) is 9.84 Å². The summed E-state index contributed by atoms with van der Waals surface area (Å²) in [6, 6.07) is 7.36. The number of hydrogen-bond acceptors (Lipinski definition) is 3. The minimum atomic E-state index is -0.218. The van der Waals surface area contributed by atoms with E-state index in [1.807, 2.05) is 24.3 Å². The molecule has 0 aliphatic heterocycles. The van der Waals surface area contributed by atoms with Crippen molar-refractivity contribution in [2.24, 2.45) is 0 Å². The molecule has 0 radical (unpaired) electrons. The van der Waals surface area contributed by atoms with Gasteiger partial charge in [-0.2, -0.15) is 0 Å². The fourth-order valence-corrected chi connectivity index (χ4v) is 1.12. The number of carbonyl (C=O) groups excluding carboxylic acids is 1. The molecule has 2 N–H and O–H groups in total. The Balaban J connectivity index is 2.52. The molecular formula is C12H15NO3. The van der Waals surface area contributed by atoms with E-state index in [1.165, 1.54) is 6.08 Å². The van der Waals surface area contributed by atoms with Crippen LogP contribution < -0.4 is 10.1 Å². The van der Waals surface area contributed by atoms with Gasteiger partial charge in [0.25, 0.3) is 0 Å². The smallest absolute Gasteiger partial charge is 0.244 e. The van der Waals surface area contributed by atoms with Gasteiger partial charge in [-0.15, -0.1) is 0 Å². The molecule has 0 atom stereocenters. The Hall–Kier alpha value is -1.81. The van der Waals surface area contributed by atoms with Crippen LogP contribution in [0.1, 0.15) is 5.56 Å². The number of methoxy groups -OCH3 is 1. The van der Waals surface area contributed by atoms with Gasteiger partial charge < -0.3 is 15.2 Å². The molecule has 0 aromatic heterocycles. The predicted molar refractivity (Wildman–Crippen MR) is 62.1 cm³/mol. The molecule has 1 aromatic rings. The number of aliphatic hydroxyl groups is 1. The van der Waals surface area contributed by atoms with Crippen molar-refractivity contribution in [3.05, 3.63) is 35.9 Å². The van der Waals surface area contributed by atoms with Gasteiger partial charge in [-0.1, -0.05) is 12.1 Å². The molecule has 4 nitrogen and oxygen atoms in total. The van der Waals surface area contributed by atoms with Crippen LogP contribution in [0.2, 0.25) is 0 Å². The van der Waals surface area contributed by atoms with Gasteiger partial charge in [-0.05, 0) is 23.8 Å². The van der Waals surface area contributed by atoms with E-state index in [9.17, 15) is 4.79 Å². The number of carbonyl (C=O) groups is 1. The van der Waals surface area contributed by atoms with Gasteiger partial charge in [0.1, 0.15) is 5.75 Å². The highest BCUT2D eigenvalue weighted by molar-refractivity contribution is 5.91. The van der Waals surface area contributed by atoms with Crippen LogP contribution in [0.4, 0.5) is 0 Å². The van der Waals surface area contributed by atoms with E-state index in [-0.39, 0.29) is 19.1 Å². The average Bonchev–Trinajstić information content (AvgIpc) is 2.34. The number of nitrogens with one attached hydrogen (secondary N) is 1. The Labute approximate surface area is 94.6 Å². The van der Waals surface area contributed by atoms with Gasteiger partial charge in [0.2, 0.25) is 5.91 Å². The third-order valence-corrected chi connectivity index (χ3v) is 1.95. The van der Waals surface area contributed by atoms with Crippen molar-refractivity contribution in [1.29, 1.82) is 0 Å². The second-order valence-corrected chi connectivity index (χ2v) is 3.12. The molecule has 1 aromatic carbocycles. The summed E-state index contributed by atoms with van der Waals surface area (Å²) in [5, 5.41) is 11.0. The van der Waals surface area contributed by atoms with Gasteiger partial charge in [-0.3, -0.25) is 4.79 Å². The Morgan fingerprint density at radius 3 is 2.69 bits per heavy atom. The standard InChI is InChI=1S/C12H15NO3/c1-16-11-5-2-10(3-6-11)4-7-12(15)13-8-9-14/h2-7,14H,8-9H2,1H3,(H,13,15). The number of ether oxygens (including phenoxy) is 1. The zero-order chi connectivity index (χ0) is 11.8. The maximum atomic E-state index is 11.2. The summed E-state index contributed by atoms with van der Waals surface area (Å²) in [6.45, 7) is 0.216. The molecule has 4 heteroatoms. The molecule has 0 saturated carbocycles. The summed E-state index contributed by atoms with van der Waals surface area (Å²) >= 11 is 0. The number of benzene rings is 1. The van der Waals surface area contributed by atoms with Crippen LogP contribution in [0.25, 0.3) is 6.08 Å². The average molecular weight is 221 g/mol. The SMILES string of the molecule is COc1ccc(C=CC(=O)NCCO)cc1. The van der Waals surface area contributed by atoms with Crippen molar-refractivity contribution in [3.63, 3.8) is 0 Å². The van der Waals surface area contributed by atoms with Crippen molar-refractivity contribution < 1.29 is 14.6 Å². The zero-order valence-corrected chi connectivity index (χ0v) is 9.14. The highest BCUT2D eigenvalue weighted by Gasteiger charge is 1.94. The lowest BCUT2D eigenvalue weighted by Gasteiger charge is -1.99. The number of amides is 1. The quantitative estimate of drug-likeness (QED) is 0.724. The second-order valence-electron chi connectivity index (χ2n) is 3.12. The summed E-state index contributed by atoms with van der Waals surface area (Å²) in [5.41, 5.74) is 0.917. The second kappa shape index (κ2) is 6.63. The lowest BCUT2D eigenvalue weighted by atomic mass is 10.2. The Bertz CT molecular complexity index is 357. The number of hydrogen-bond donors (Lipinski definition) is 2. The van der Waals surface area contributed by atoms with E-state index in [2.05, 4.69) is 5.32 Å². The molecule has 0 bridgehead atoms. The van der Waals surface area contributed by atoms with E-state index in [1.54, 1.807) is 13.2 Å². The Morgan fingerprint density at radius 1 is 1.44 bits per heavy atom. The van der Waals surface area contributed by atoms with Crippen molar-refractivity contribution in [1.82, 2.24) is 5.32 Å². The first-order chi connectivity index (χ1) is 7.76. The summed E-state index contributed by atoms with van der Waals surface area (Å²) in [5.74, 6) is 0.562. The highest BCUT2D eigenvalue weighted by atomic mass is 16.5. The van der Waals surface area contributed by atoms with Gasteiger partial charge in [0.05, 0.1) is 13.7 Å². The molecule has 0 heterocycles. The van der Waals surface area contributed by atoms with Crippen LogP contribution in [0, 0.1) is 0 Å². The molecule has 1 rings (SSSR count). The molecular weight excluding hydrogens is 206 g/mol. The highest BCUT2D eigenvalue weighted by Crippen LogP contribution is 2.11. The van der Waals surface area contributed by atoms with Crippen molar-refractivity contribution >= 4 is 12.0 Å². The van der Waals surface area contributed by atoms with Crippen molar-refractivity contribution in [2.45, 2.75) is 0 Å². The zero-order valence-electron chi connectivity index (χ0n) is 9.14. The van der Waals surface area contributed by atoms with Crippen molar-refractivity contribution in [3.8, 4) is 5.75 Å². The fraction of sp³-hybridized carbons (Fsp3) is 0.250. The van der Waals surface area contributed by atoms with Crippen LogP contribution in [-0.4, -0.2) is 31.3 Å². The molecule has 86 valence electrons. The first-order valence-electron chi connectivity index (χ1n) is 4.97.